The molecular weight excluding hydrogens is 374 g/mol. The number of hydrogen-bond donors (Lipinski definition) is 2. The highest BCUT2D eigenvalue weighted by molar-refractivity contribution is 5.95. The number of pyridine rings is 1. The van der Waals surface area contributed by atoms with Crippen LogP contribution in [0.1, 0.15) is 35.7 Å². The Kier molecular flexibility index (Phi) is 7.15. The highest BCUT2D eigenvalue weighted by Gasteiger charge is 2.19. The summed E-state index contributed by atoms with van der Waals surface area (Å²) in [7, 11) is 1.55. The first kappa shape index (κ1) is 21.7. The van der Waals surface area contributed by atoms with Gasteiger partial charge in [0.15, 0.2) is 6.10 Å². The monoisotopic (exact) mass is 397 g/mol. The second-order valence-corrected chi connectivity index (χ2v) is 6.52. The van der Waals surface area contributed by atoms with Crippen LogP contribution in [0.4, 0.5) is 5.69 Å². The predicted octanol–water partition coefficient (Wildman–Crippen LogP) is 2.38. The molecule has 29 heavy (non-hydrogen) atoms. The Bertz CT molecular complexity index is 1000. The Labute approximate surface area is 168 Å². The molecule has 0 bridgehead atoms. The average molecular weight is 397 g/mol. The van der Waals surface area contributed by atoms with Gasteiger partial charge in [0.05, 0.1) is 7.11 Å². The molecule has 1 aromatic heterocycles. The fourth-order valence-corrected chi connectivity index (χ4v) is 2.88. The van der Waals surface area contributed by atoms with Gasteiger partial charge in [-0.2, -0.15) is 5.26 Å². The summed E-state index contributed by atoms with van der Waals surface area (Å²) in [6, 6.07) is 8.65. The molecular formula is C21H23N3O5. The van der Waals surface area contributed by atoms with E-state index in [1.807, 2.05) is 6.07 Å². The second-order valence-electron chi connectivity index (χ2n) is 6.52. The van der Waals surface area contributed by atoms with Crippen molar-refractivity contribution in [2.24, 2.45) is 0 Å². The van der Waals surface area contributed by atoms with Crippen molar-refractivity contribution in [2.45, 2.75) is 39.7 Å². The van der Waals surface area contributed by atoms with Crippen molar-refractivity contribution in [3.8, 4) is 11.8 Å². The number of amides is 1. The predicted molar refractivity (Wildman–Crippen MR) is 107 cm³/mol. The molecule has 1 atom stereocenters. The molecule has 1 heterocycles. The lowest BCUT2D eigenvalue weighted by atomic mass is 9.99. The lowest BCUT2D eigenvalue weighted by Gasteiger charge is -2.15. The number of anilines is 1. The van der Waals surface area contributed by atoms with Gasteiger partial charge < -0.3 is 19.8 Å². The Morgan fingerprint density at radius 3 is 2.48 bits per heavy atom. The van der Waals surface area contributed by atoms with Gasteiger partial charge in [-0.05, 0) is 62.6 Å². The molecule has 0 unspecified atom stereocenters. The fourth-order valence-electron chi connectivity index (χ4n) is 2.88. The second kappa shape index (κ2) is 9.55. The number of aryl methyl sites for hydroxylation is 1. The summed E-state index contributed by atoms with van der Waals surface area (Å²) in [4.78, 5) is 38.7. The molecule has 0 saturated carbocycles. The Hall–Kier alpha value is -3.60. The van der Waals surface area contributed by atoms with E-state index in [9.17, 15) is 14.4 Å². The fraction of sp³-hybridized carbons (Fsp3) is 0.333. The number of methoxy groups -OCH3 is 1. The molecule has 0 fully saturated rings. The number of benzene rings is 1. The summed E-state index contributed by atoms with van der Waals surface area (Å²) < 4.78 is 10.3. The summed E-state index contributed by atoms with van der Waals surface area (Å²) in [5.74, 6) is -0.340. The first-order valence-corrected chi connectivity index (χ1v) is 9.03. The lowest BCUT2D eigenvalue weighted by Crippen LogP contribution is -2.30. The van der Waals surface area contributed by atoms with Crippen LogP contribution >= 0.6 is 0 Å². The average Bonchev–Trinajstić information content (AvgIpc) is 2.68. The molecule has 2 rings (SSSR count). The van der Waals surface area contributed by atoms with E-state index in [1.165, 1.54) is 6.92 Å². The minimum absolute atomic E-state index is 0.0126. The number of nitrogens with one attached hydrogen (secondary N) is 2. The number of hydrogen-bond acceptors (Lipinski definition) is 6. The zero-order chi connectivity index (χ0) is 21.6. The Morgan fingerprint density at radius 1 is 1.24 bits per heavy atom. The van der Waals surface area contributed by atoms with Crippen LogP contribution < -0.4 is 15.6 Å². The van der Waals surface area contributed by atoms with E-state index >= 15 is 0 Å². The summed E-state index contributed by atoms with van der Waals surface area (Å²) >= 11 is 0. The molecule has 0 aliphatic rings. The van der Waals surface area contributed by atoms with Gasteiger partial charge in [0.1, 0.15) is 17.4 Å². The Morgan fingerprint density at radius 2 is 1.90 bits per heavy atom. The maximum atomic E-state index is 12.2. The van der Waals surface area contributed by atoms with Crippen LogP contribution in [0.25, 0.3) is 0 Å². The smallest absolute Gasteiger partial charge is 0.306 e. The molecule has 0 saturated heterocycles. The van der Waals surface area contributed by atoms with Crippen molar-refractivity contribution in [3.05, 3.63) is 57.0 Å². The summed E-state index contributed by atoms with van der Waals surface area (Å²) in [5, 5.41) is 11.8. The van der Waals surface area contributed by atoms with Crippen LogP contribution in [0.3, 0.4) is 0 Å². The van der Waals surface area contributed by atoms with Crippen LogP contribution in [0.5, 0.6) is 5.75 Å². The van der Waals surface area contributed by atoms with Gasteiger partial charge in [0.25, 0.3) is 11.5 Å². The van der Waals surface area contributed by atoms with E-state index in [0.29, 0.717) is 28.3 Å². The number of aromatic amines is 1. The van der Waals surface area contributed by atoms with E-state index in [1.54, 1.807) is 45.2 Å². The zero-order valence-electron chi connectivity index (χ0n) is 16.8. The van der Waals surface area contributed by atoms with E-state index in [-0.39, 0.29) is 18.4 Å². The van der Waals surface area contributed by atoms with E-state index in [0.717, 1.165) is 0 Å². The molecule has 152 valence electrons. The number of ether oxygens (including phenoxy) is 2. The van der Waals surface area contributed by atoms with Gasteiger partial charge in [0, 0.05) is 17.8 Å². The van der Waals surface area contributed by atoms with E-state index in [4.69, 9.17) is 14.7 Å². The third kappa shape index (κ3) is 5.45. The van der Waals surface area contributed by atoms with Crippen LogP contribution in [0.15, 0.2) is 29.1 Å². The van der Waals surface area contributed by atoms with Gasteiger partial charge in [-0.15, -0.1) is 0 Å². The first-order chi connectivity index (χ1) is 13.8. The maximum absolute atomic E-state index is 12.2. The normalized spacial score (nSPS) is 11.3. The van der Waals surface area contributed by atoms with Gasteiger partial charge in [0.2, 0.25) is 0 Å². The number of carbonyl (C=O) groups excluding carboxylic acids is 2. The van der Waals surface area contributed by atoms with Crippen molar-refractivity contribution in [3.63, 3.8) is 0 Å². The van der Waals surface area contributed by atoms with Crippen molar-refractivity contribution in [1.82, 2.24) is 4.98 Å². The number of carbonyl (C=O) groups is 2. The number of nitrogens with zero attached hydrogens (tertiary/aromatic N) is 1. The topological polar surface area (TPSA) is 121 Å². The molecule has 0 aliphatic heterocycles. The highest BCUT2D eigenvalue weighted by atomic mass is 16.5. The van der Waals surface area contributed by atoms with Crippen molar-refractivity contribution >= 4 is 17.6 Å². The van der Waals surface area contributed by atoms with Crippen molar-refractivity contribution in [1.29, 1.82) is 5.26 Å². The van der Waals surface area contributed by atoms with E-state index in [2.05, 4.69) is 10.3 Å². The molecule has 1 aromatic carbocycles. The third-order valence-corrected chi connectivity index (χ3v) is 4.53. The zero-order valence-corrected chi connectivity index (χ0v) is 16.8. The quantitative estimate of drug-likeness (QED) is 0.692. The number of H-pyrrole nitrogens is 1. The first-order valence-electron chi connectivity index (χ1n) is 9.03. The summed E-state index contributed by atoms with van der Waals surface area (Å²) in [5.41, 5.74) is 2.01. The van der Waals surface area contributed by atoms with Crippen molar-refractivity contribution < 1.29 is 19.1 Å². The molecule has 2 N–H and O–H groups in total. The van der Waals surface area contributed by atoms with Crippen LogP contribution in [-0.4, -0.2) is 30.1 Å². The minimum atomic E-state index is -0.975. The lowest BCUT2D eigenvalue weighted by molar-refractivity contribution is -0.153. The maximum Gasteiger partial charge on any atom is 0.306 e. The Balaban J connectivity index is 1.94. The minimum Gasteiger partial charge on any atom is -0.497 e. The van der Waals surface area contributed by atoms with Gasteiger partial charge in [-0.3, -0.25) is 14.4 Å². The molecule has 8 heteroatoms. The largest absolute Gasteiger partial charge is 0.497 e. The number of rotatable bonds is 7. The summed E-state index contributed by atoms with van der Waals surface area (Å²) in [6.45, 7) is 4.87. The van der Waals surface area contributed by atoms with Crippen molar-refractivity contribution in [2.75, 3.05) is 12.4 Å². The SMILES string of the molecule is COc1ccc(NC(=O)[C@H](C)OC(=O)CCc2c(C)[nH]c(=O)c(C#N)c2C)cc1. The molecule has 0 aliphatic carbocycles. The van der Waals surface area contributed by atoms with Gasteiger partial charge in [-0.1, -0.05) is 0 Å². The van der Waals surface area contributed by atoms with Crippen LogP contribution in [-0.2, 0) is 20.7 Å². The summed E-state index contributed by atoms with van der Waals surface area (Å²) in [6.07, 6.45) is -0.676. The molecule has 1 amide bonds. The van der Waals surface area contributed by atoms with Crippen LogP contribution in [0, 0.1) is 25.2 Å². The molecule has 2 aromatic rings. The van der Waals surface area contributed by atoms with Gasteiger partial charge in [-0.25, -0.2) is 0 Å². The number of esters is 1. The van der Waals surface area contributed by atoms with E-state index < -0.39 is 23.5 Å². The van der Waals surface area contributed by atoms with Gasteiger partial charge >= 0.3 is 5.97 Å². The molecule has 0 spiro atoms. The third-order valence-electron chi connectivity index (χ3n) is 4.53. The number of aromatic nitrogens is 1. The molecule has 8 nitrogen and oxygen atoms in total. The van der Waals surface area contributed by atoms with Crippen LogP contribution in [0.2, 0.25) is 0 Å². The molecule has 0 radical (unpaired) electrons. The standard InChI is InChI=1S/C21H23N3O5/c1-12-17(13(2)23-21(27)18(12)11-22)9-10-19(25)29-14(3)20(26)24-15-5-7-16(28-4)8-6-15/h5-8,14H,9-10H2,1-4H3,(H,23,27)(H,24,26)/t14-/m0/s1. The number of nitriles is 1. The highest BCUT2D eigenvalue weighted by Crippen LogP contribution is 2.17.